The molecule has 0 saturated heterocycles. The monoisotopic (exact) mass is 346 g/mol. The van der Waals surface area contributed by atoms with E-state index in [1.807, 2.05) is 19.1 Å². The summed E-state index contributed by atoms with van der Waals surface area (Å²) in [5, 5.41) is 0. The number of hydrazine groups is 1. The van der Waals surface area contributed by atoms with E-state index in [0.717, 1.165) is 11.1 Å². The quantitative estimate of drug-likeness (QED) is 0.836. The standard InChI is InChI=1S/C18H22N2O3S/c1-13-5-11-16(12-6-13)24(22,23)20-19-17(21)14-7-9-15(10-8-14)18(2,3)4/h5-12,20H,1-4H3,(H,19,21). The third kappa shape index (κ3) is 4.43. The van der Waals surface area contributed by atoms with Gasteiger partial charge in [-0.25, -0.2) is 8.42 Å². The van der Waals surface area contributed by atoms with Crippen LogP contribution in [0.4, 0.5) is 0 Å². The van der Waals surface area contributed by atoms with Gasteiger partial charge in [0.15, 0.2) is 0 Å². The average molecular weight is 346 g/mol. The van der Waals surface area contributed by atoms with Gasteiger partial charge in [-0.1, -0.05) is 50.6 Å². The highest BCUT2D eigenvalue weighted by molar-refractivity contribution is 7.89. The Balaban J connectivity index is 2.06. The summed E-state index contributed by atoms with van der Waals surface area (Å²) in [5.41, 5.74) is 4.66. The Hall–Kier alpha value is -2.18. The number of benzene rings is 2. The van der Waals surface area contributed by atoms with E-state index in [4.69, 9.17) is 0 Å². The highest BCUT2D eigenvalue weighted by Gasteiger charge is 2.17. The fourth-order valence-corrected chi connectivity index (χ4v) is 2.92. The molecule has 2 N–H and O–H groups in total. The first-order chi connectivity index (χ1) is 11.1. The van der Waals surface area contributed by atoms with Crippen LogP contribution in [0.2, 0.25) is 0 Å². The first-order valence-electron chi connectivity index (χ1n) is 7.59. The van der Waals surface area contributed by atoms with Crippen molar-refractivity contribution in [3.8, 4) is 0 Å². The summed E-state index contributed by atoms with van der Waals surface area (Å²) in [6, 6.07) is 13.5. The lowest BCUT2D eigenvalue weighted by molar-refractivity contribution is 0.0945. The van der Waals surface area contributed by atoms with E-state index in [1.165, 1.54) is 12.1 Å². The lowest BCUT2D eigenvalue weighted by Crippen LogP contribution is -2.41. The zero-order chi connectivity index (χ0) is 18.0. The molecule has 2 aromatic rings. The van der Waals surface area contributed by atoms with Crippen molar-refractivity contribution < 1.29 is 13.2 Å². The Morgan fingerprint density at radius 3 is 1.96 bits per heavy atom. The summed E-state index contributed by atoms with van der Waals surface area (Å²) in [6.45, 7) is 8.11. The number of carbonyl (C=O) groups excluding carboxylic acids is 1. The molecule has 0 aromatic heterocycles. The molecule has 0 aliphatic carbocycles. The van der Waals surface area contributed by atoms with Gasteiger partial charge in [0.05, 0.1) is 4.90 Å². The van der Waals surface area contributed by atoms with Crippen LogP contribution in [0.5, 0.6) is 0 Å². The highest BCUT2D eigenvalue weighted by Crippen LogP contribution is 2.22. The maximum atomic E-state index is 12.1. The maximum Gasteiger partial charge on any atom is 0.266 e. The number of sulfonamides is 1. The molecule has 1 amide bonds. The molecule has 0 bridgehead atoms. The molecule has 2 aromatic carbocycles. The lowest BCUT2D eigenvalue weighted by Gasteiger charge is -2.19. The van der Waals surface area contributed by atoms with Gasteiger partial charge >= 0.3 is 0 Å². The van der Waals surface area contributed by atoms with E-state index in [1.54, 1.807) is 24.3 Å². The number of hydrogen-bond donors (Lipinski definition) is 2. The van der Waals surface area contributed by atoms with Crippen LogP contribution < -0.4 is 10.3 Å². The van der Waals surface area contributed by atoms with Gasteiger partial charge in [-0.15, -0.1) is 4.83 Å². The molecule has 2 rings (SSSR count). The van der Waals surface area contributed by atoms with E-state index in [0.29, 0.717) is 5.56 Å². The van der Waals surface area contributed by atoms with Crippen molar-refractivity contribution in [1.29, 1.82) is 0 Å². The predicted octanol–water partition coefficient (Wildman–Crippen LogP) is 2.92. The van der Waals surface area contributed by atoms with Crippen LogP contribution >= 0.6 is 0 Å². The molecular formula is C18H22N2O3S. The number of carbonyl (C=O) groups is 1. The SMILES string of the molecule is Cc1ccc(S(=O)(=O)NNC(=O)c2ccc(C(C)(C)C)cc2)cc1. The second-order valence-corrected chi connectivity index (χ2v) is 8.38. The molecule has 0 fully saturated rings. The molecule has 24 heavy (non-hydrogen) atoms. The Kier molecular flexibility index (Phi) is 5.11. The summed E-state index contributed by atoms with van der Waals surface area (Å²) in [5.74, 6) is -0.508. The second kappa shape index (κ2) is 6.75. The molecule has 0 heterocycles. The van der Waals surface area contributed by atoms with Gasteiger partial charge in [0.1, 0.15) is 0 Å². The zero-order valence-corrected chi connectivity index (χ0v) is 15.1. The van der Waals surface area contributed by atoms with Crippen molar-refractivity contribution >= 4 is 15.9 Å². The van der Waals surface area contributed by atoms with Gasteiger partial charge in [0, 0.05) is 5.56 Å². The summed E-state index contributed by atoms with van der Waals surface area (Å²) in [7, 11) is -3.79. The van der Waals surface area contributed by atoms with Gasteiger partial charge in [-0.05, 0) is 42.2 Å². The fraction of sp³-hybridized carbons (Fsp3) is 0.278. The molecule has 6 heteroatoms. The van der Waals surface area contributed by atoms with Gasteiger partial charge in [0.25, 0.3) is 15.9 Å². The van der Waals surface area contributed by atoms with Gasteiger partial charge in [0.2, 0.25) is 0 Å². The van der Waals surface area contributed by atoms with Crippen molar-refractivity contribution in [2.24, 2.45) is 0 Å². The predicted molar refractivity (Wildman–Crippen MR) is 94.1 cm³/mol. The summed E-state index contributed by atoms with van der Waals surface area (Å²) in [6.07, 6.45) is 0. The molecule has 5 nitrogen and oxygen atoms in total. The van der Waals surface area contributed by atoms with Crippen molar-refractivity contribution in [3.05, 3.63) is 65.2 Å². The van der Waals surface area contributed by atoms with Crippen LogP contribution in [-0.4, -0.2) is 14.3 Å². The van der Waals surface area contributed by atoms with Crippen LogP contribution in [0.1, 0.15) is 42.3 Å². The first kappa shape index (κ1) is 18.2. The van der Waals surface area contributed by atoms with Crippen molar-refractivity contribution in [1.82, 2.24) is 10.3 Å². The molecule has 0 aliphatic rings. The Labute approximate surface area is 143 Å². The third-order valence-electron chi connectivity index (χ3n) is 3.64. The van der Waals surface area contributed by atoms with Crippen LogP contribution in [0.3, 0.4) is 0 Å². The lowest BCUT2D eigenvalue weighted by atomic mass is 9.87. The van der Waals surface area contributed by atoms with Gasteiger partial charge in [-0.2, -0.15) is 0 Å². The van der Waals surface area contributed by atoms with E-state index in [9.17, 15) is 13.2 Å². The molecule has 0 aliphatic heterocycles. The Morgan fingerprint density at radius 1 is 0.917 bits per heavy atom. The molecule has 0 spiro atoms. The molecule has 0 unspecified atom stereocenters. The molecular weight excluding hydrogens is 324 g/mol. The number of nitrogens with one attached hydrogen (secondary N) is 2. The summed E-state index contributed by atoms with van der Waals surface area (Å²) < 4.78 is 24.3. The van der Waals surface area contributed by atoms with Crippen molar-refractivity contribution in [3.63, 3.8) is 0 Å². The van der Waals surface area contributed by atoms with Gasteiger partial charge < -0.3 is 0 Å². The highest BCUT2D eigenvalue weighted by atomic mass is 32.2. The van der Waals surface area contributed by atoms with Gasteiger partial charge in [-0.3, -0.25) is 10.2 Å². The minimum Gasteiger partial charge on any atom is -0.273 e. The molecule has 0 radical (unpaired) electrons. The Bertz CT molecular complexity index is 818. The smallest absolute Gasteiger partial charge is 0.266 e. The average Bonchev–Trinajstić information content (AvgIpc) is 2.52. The van der Waals surface area contributed by atoms with Crippen molar-refractivity contribution in [2.75, 3.05) is 0 Å². The van der Waals surface area contributed by atoms with Crippen molar-refractivity contribution in [2.45, 2.75) is 38.0 Å². The number of rotatable bonds is 4. The Morgan fingerprint density at radius 2 is 1.46 bits per heavy atom. The number of hydrogen-bond acceptors (Lipinski definition) is 3. The molecule has 0 atom stereocenters. The minimum absolute atomic E-state index is 0.0119. The number of amides is 1. The normalized spacial score (nSPS) is 12.0. The van der Waals surface area contributed by atoms with Crippen LogP contribution in [0.25, 0.3) is 0 Å². The first-order valence-corrected chi connectivity index (χ1v) is 9.07. The van der Waals surface area contributed by atoms with Crippen LogP contribution in [0, 0.1) is 6.92 Å². The zero-order valence-electron chi connectivity index (χ0n) is 14.3. The van der Waals surface area contributed by atoms with E-state index in [2.05, 4.69) is 31.0 Å². The van der Waals surface area contributed by atoms with E-state index < -0.39 is 15.9 Å². The largest absolute Gasteiger partial charge is 0.273 e. The van der Waals surface area contributed by atoms with E-state index in [-0.39, 0.29) is 10.3 Å². The van der Waals surface area contributed by atoms with E-state index >= 15 is 0 Å². The topological polar surface area (TPSA) is 75.3 Å². The minimum atomic E-state index is -3.79. The van der Waals surface area contributed by atoms with Crippen LogP contribution in [0.15, 0.2) is 53.4 Å². The van der Waals surface area contributed by atoms with Crippen LogP contribution in [-0.2, 0) is 15.4 Å². The molecule has 0 saturated carbocycles. The third-order valence-corrected chi connectivity index (χ3v) is 4.91. The fourth-order valence-electron chi connectivity index (χ4n) is 2.08. The second-order valence-electron chi connectivity index (χ2n) is 6.70. The summed E-state index contributed by atoms with van der Waals surface area (Å²) in [4.78, 5) is 14.3. The number of aryl methyl sites for hydroxylation is 1. The summed E-state index contributed by atoms with van der Waals surface area (Å²) >= 11 is 0. The maximum absolute atomic E-state index is 12.1. The molecule has 128 valence electrons.